The Hall–Kier alpha value is -6.76. The maximum absolute atomic E-state index is 2.43. The van der Waals surface area contributed by atoms with Crippen LogP contribution in [0.1, 0.15) is 0 Å². The summed E-state index contributed by atoms with van der Waals surface area (Å²) in [6.07, 6.45) is 0. The largest absolute Gasteiger partial charge is 0.0622 e. The minimum absolute atomic E-state index is 1.22. The van der Waals surface area contributed by atoms with Crippen molar-refractivity contribution < 1.29 is 0 Å². The molecule has 0 heterocycles. The third kappa shape index (κ3) is 5.25. The van der Waals surface area contributed by atoms with Gasteiger partial charge in [-0.2, -0.15) is 0 Å². The van der Waals surface area contributed by atoms with Crippen LogP contribution in [0.4, 0.5) is 0 Å². The second-order valence-corrected chi connectivity index (χ2v) is 13.7. The van der Waals surface area contributed by atoms with Gasteiger partial charge in [-0.05, 0) is 135 Å². The molecule has 0 aliphatic carbocycles. The highest BCUT2D eigenvalue weighted by atomic mass is 14.2. The van der Waals surface area contributed by atoms with Crippen LogP contribution < -0.4 is 0 Å². The summed E-state index contributed by atoms with van der Waals surface area (Å²) in [6.45, 7) is 0. The minimum atomic E-state index is 1.22. The van der Waals surface area contributed by atoms with Crippen molar-refractivity contribution >= 4 is 43.1 Å². The highest BCUT2D eigenvalue weighted by molar-refractivity contribution is 6.18. The first kappa shape index (κ1) is 30.1. The van der Waals surface area contributed by atoms with Gasteiger partial charge in [-0.25, -0.2) is 0 Å². The van der Waals surface area contributed by atoms with Gasteiger partial charge in [-0.1, -0.05) is 170 Å². The van der Waals surface area contributed by atoms with Crippen molar-refractivity contribution in [1.29, 1.82) is 0 Å². The molecule has 0 N–H and O–H groups in total. The van der Waals surface area contributed by atoms with Gasteiger partial charge in [0.2, 0.25) is 0 Å². The summed E-state index contributed by atoms with van der Waals surface area (Å²) in [5.41, 5.74) is 12.3. The smallest absolute Gasteiger partial charge is 0.00926 e. The van der Waals surface area contributed by atoms with Crippen molar-refractivity contribution in [2.24, 2.45) is 0 Å². The number of rotatable bonds is 5. The van der Waals surface area contributed by atoms with E-state index < -0.39 is 0 Å². The van der Waals surface area contributed by atoms with Gasteiger partial charge in [0.25, 0.3) is 0 Å². The average Bonchev–Trinajstić information content (AvgIpc) is 3.23. The third-order valence-electron chi connectivity index (χ3n) is 10.6. The molecule has 0 nitrogen and oxygen atoms in total. The third-order valence-corrected chi connectivity index (χ3v) is 10.6. The van der Waals surface area contributed by atoms with Crippen molar-refractivity contribution in [2.45, 2.75) is 0 Å². The lowest BCUT2D eigenvalue weighted by Gasteiger charge is -2.17. The van der Waals surface area contributed by atoms with Gasteiger partial charge in [0.15, 0.2) is 0 Å². The monoisotopic (exact) mass is 658 g/mol. The molecule has 0 saturated carbocycles. The van der Waals surface area contributed by atoms with Crippen molar-refractivity contribution in [1.82, 2.24) is 0 Å². The Morgan fingerprint density at radius 1 is 0.173 bits per heavy atom. The lowest BCUT2D eigenvalue weighted by molar-refractivity contribution is 1.60. The van der Waals surface area contributed by atoms with Gasteiger partial charge >= 0.3 is 0 Å². The normalized spacial score (nSPS) is 11.5. The van der Waals surface area contributed by atoms with Crippen LogP contribution in [0.25, 0.3) is 98.7 Å². The summed E-state index contributed by atoms with van der Waals surface area (Å²) in [4.78, 5) is 0. The van der Waals surface area contributed by atoms with Crippen molar-refractivity contribution in [3.05, 3.63) is 206 Å². The number of hydrogen-bond acceptors (Lipinski definition) is 0. The number of fused-ring (bicyclic) bond motifs is 5. The van der Waals surface area contributed by atoms with Gasteiger partial charge in [0.1, 0.15) is 0 Å². The van der Waals surface area contributed by atoms with E-state index in [9.17, 15) is 0 Å². The van der Waals surface area contributed by atoms with Crippen LogP contribution >= 0.6 is 0 Å². The molecule has 0 fully saturated rings. The molecule has 242 valence electrons. The maximum atomic E-state index is 2.43. The van der Waals surface area contributed by atoms with Crippen LogP contribution in [0, 0.1) is 0 Å². The van der Waals surface area contributed by atoms with Crippen LogP contribution in [-0.4, -0.2) is 0 Å². The van der Waals surface area contributed by atoms with Gasteiger partial charge in [-0.15, -0.1) is 0 Å². The Kier molecular flexibility index (Phi) is 7.25. The van der Waals surface area contributed by atoms with Gasteiger partial charge in [0.05, 0.1) is 0 Å². The molecule has 10 aromatic carbocycles. The van der Waals surface area contributed by atoms with Crippen LogP contribution in [0.15, 0.2) is 206 Å². The molecule has 0 amide bonds. The molecule has 0 bridgehead atoms. The molecule has 0 saturated heterocycles. The fourth-order valence-electron chi connectivity index (χ4n) is 8.04. The second-order valence-electron chi connectivity index (χ2n) is 13.7. The van der Waals surface area contributed by atoms with Crippen molar-refractivity contribution in [3.63, 3.8) is 0 Å². The summed E-state index contributed by atoms with van der Waals surface area (Å²) in [6, 6.07) is 75.7. The molecular weight excluding hydrogens is 625 g/mol. The predicted octanol–water partition coefficient (Wildman–Crippen LogP) is 14.6. The first-order valence-corrected chi connectivity index (χ1v) is 18.0. The highest BCUT2D eigenvalue weighted by Gasteiger charge is 2.16. The van der Waals surface area contributed by atoms with Crippen LogP contribution in [0.3, 0.4) is 0 Å². The fraction of sp³-hybridized carbons (Fsp3) is 0. The molecule has 10 aromatic rings. The van der Waals surface area contributed by atoms with E-state index in [1.54, 1.807) is 0 Å². The fourth-order valence-corrected chi connectivity index (χ4v) is 8.04. The molecule has 0 heteroatoms. The van der Waals surface area contributed by atoms with E-state index in [1.165, 1.54) is 98.7 Å². The van der Waals surface area contributed by atoms with E-state index >= 15 is 0 Å². The molecular formula is C52H34. The molecule has 0 aliphatic rings. The van der Waals surface area contributed by atoms with E-state index in [1.807, 2.05) is 0 Å². The zero-order valence-electron chi connectivity index (χ0n) is 28.6. The Morgan fingerprint density at radius 3 is 1.46 bits per heavy atom. The maximum Gasteiger partial charge on any atom is -0.00926 e. The van der Waals surface area contributed by atoms with Crippen LogP contribution in [-0.2, 0) is 0 Å². The lowest BCUT2D eigenvalue weighted by Crippen LogP contribution is -1.90. The topological polar surface area (TPSA) is 0 Å². The summed E-state index contributed by atoms with van der Waals surface area (Å²) >= 11 is 0. The van der Waals surface area contributed by atoms with E-state index in [4.69, 9.17) is 0 Å². The number of benzene rings is 10. The van der Waals surface area contributed by atoms with Gasteiger partial charge in [-0.3, -0.25) is 0 Å². The van der Waals surface area contributed by atoms with E-state index in [-0.39, 0.29) is 0 Å². The highest BCUT2D eigenvalue weighted by Crippen LogP contribution is 2.43. The summed E-state index contributed by atoms with van der Waals surface area (Å²) < 4.78 is 0. The summed E-state index contributed by atoms with van der Waals surface area (Å²) in [7, 11) is 0. The zero-order chi connectivity index (χ0) is 34.4. The Bertz CT molecular complexity index is 2930. The van der Waals surface area contributed by atoms with E-state index in [0.717, 1.165) is 0 Å². The summed E-state index contributed by atoms with van der Waals surface area (Å²) in [5.74, 6) is 0. The molecule has 10 rings (SSSR count). The first-order chi connectivity index (χ1) is 25.8. The first-order valence-electron chi connectivity index (χ1n) is 18.0. The van der Waals surface area contributed by atoms with Gasteiger partial charge in [0, 0.05) is 0 Å². The molecule has 0 aromatic heterocycles. The average molecular weight is 659 g/mol. The Morgan fingerprint density at radius 2 is 0.692 bits per heavy atom. The predicted molar refractivity (Wildman–Crippen MR) is 224 cm³/mol. The van der Waals surface area contributed by atoms with Gasteiger partial charge < -0.3 is 0 Å². The Balaban J connectivity index is 1.22. The van der Waals surface area contributed by atoms with E-state index in [2.05, 4.69) is 206 Å². The Labute approximate surface area is 303 Å². The second kappa shape index (κ2) is 12.5. The van der Waals surface area contributed by atoms with Crippen LogP contribution in [0.5, 0.6) is 0 Å². The standard InChI is InChI=1S/C52H34/c1-3-13-35(14-4-1)38-21-11-22-39(29-38)42-25-27-46-44(30-42)34-52(47-24-12-20-36-17-9-10-23-45(36)47)51-33-43(26-28-48(46)51)50-32-41-19-8-7-18-40(41)31-49(50)37-15-5-2-6-16-37/h1-34H. The zero-order valence-corrected chi connectivity index (χ0v) is 28.6. The van der Waals surface area contributed by atoms with E-state index in [0.29, 0.717) is 0 Å². The summed E-state index contributed by atoms with van der Waals surface area (Å²) in [5, 5.41) is 10.0. The quantitative estimate of drug-likeness (QED) is 0.161. The number of hydrogen-bond donors (Lipinski definition) is 0. The minimum Gasteiger partial charge on any atom is -0.0622 e. The molecule has 0 unspecified atom stereocenters. The molecule has 0 radical (unpaired) electrons. The lowest BCUT2D eigenvalue weighted by atomic mass is 9.86. The van der Waals surface area contributed by atoms with Crippen molar-refractivity contribution in [2.75, 3.05) is 0 Å². The molecule has 0 atom stereocenters. The van der Waals surface area contributed by atoms with Crippen LogP contribution in [0.2, 0.25) is 0 Å². The molecule has 0 spiro atoms. The molecule has 52 heavy (non-hydrogen) atoms. The SMILES string of the molecule is c1ccc(-c2cccc(-c3ccc4c(c3)cc(-c3cccc5ccccc35)c3cc(-c5cc6ccccc6cc5-c5ccccc5)ccc34)c2)cc1. The molecule has 0 aliphatic heterocycles. The van der Waals surface area contributed by atoms with Crippen molar-refractivity contribution in [3.8, 4) is 55.6 Å².